The van der Waals surface area contributed by atoms with E-state index in [1.165, 1.54) is 13.2 Å². The lowest BCUT2D eigenvalue weighted by atomic mass is 10.1. The molecule has 0 fully saturated rings. The summed E-state index contributed by atoms with van der Waals surface area (Å²) >= 11 is 0. The molecule has 2 aromatic carbocycles. The zero-order valence-electron chi connectivity index (χ0n) is 12.8. The average Bonchev–Trinajstić information content (AvgIpc) is 2.61. The van der Waals surface area contributed by atoms with E-state index in [1.54, 1.807) is 42.5 Å². The molecule has 0 aliphatic heterocycles. The second kappa shape index (κ2) is 6.26. The molecule has 0 bridgehead atoms. The maximum atomic E-state index is 11.9. The minimum atomic E-state index is -0.487. The van der Waals surface area contributed by atoms with E-state index in [0.717, 1.165) is 5.56 Å². The molecule has 0 saturated carbocycles. The summed E-state index contributed by atoms with van der Waals surface area (Å²) in [5.74, 6) is 0.329. The largest absolute Gasteiger partial charge is 0.504 e. The molecule has 0 radical (unpaired) electrons. The van der Waals surface area contributed by atoms with Crippen molar-refractivity contribution in [3.63, 3.8) is 0 Å². The number of ether oxygens (including phenoxy) is 1. The van der Waals surface area contributed by atoms with Crippen LogP contribution in [0.5, 0.6) is 11.5 Å². The van der Waals surface area contributed by atoms with E-state index in [0.29, 0.717) is 28.3 Å². The van der Waals surface area contributed by atoms with E-state index in [9.17, 15) is 9.90 Å². The molecule has 0 spiro atoms. The van der Waals surface area contributed by atoms with Crippen LogP contribution in [0.1, 0.15) is 5.56 Å². The SMILES string of the molecule is COc1cc(-c2cc(-c3ccc(C#N)cc3)nc(=O)[nH]2)ccc1O. The smallest absolute Gasteiger partial charge is 0.345 e. The number of nitriles is 1. The molecule has 0 aliphatic rings. The Bertz CT molecular complexity index is 986. The van der Waals surface area contributed by atoms with Crippen LogP contribution in [0.25, 0.3) is 22.5 Å². The second-order valence-electron chi connectivity index (χ2n) is 5.06. The third kappa shape index (κ3) is 2.96. The molecule has 0 saturated heterocycles. The van der Waals surface area contributed by atoms with Gasteiger partial charge in [0.1, 0.15) is 0 Å². The fourth-order valence-electron chi connectivity index (χ4n) is 2.32. The highest BCUT2D eigenvalue weighted by Crippen LogP contribution is 2.31. The zero-order chi connectivity index (χ0) is 17.1. The second-order valence-corrected chi connectivity index (χ2v) is 5.06. The molecule has 6 nitrogen and oxygen atoms in total. The Labute approximate surface area is 137 Å². The molecule has 118 valence electrons. The van der Waals surface area contributed by atoms with Crippen LogP contribution in [-0.2, 0) is 0 Å². The number of benzene rings is 2. The third-order valence-electron chi connectivity index (χ3n) is 3.55. The van der Waals surface area contributed by atoms with Gasteiger partial charge in [0.05, 0.1) is 30.1 Å². The summed E-state index contributed by atoms with van der Waals surface area (Å²) in [4.78, 5) is 18.5. The number of hydrogen-bond donors (Lipinski definition) is 2. The molecule has 1 heterocycles. The average molecular weight is 319 g/mol. The van der Waals surface area contributed by atoms with Gasteiger partial charge in [-0.2, -0.15) is 10.2 Å². The summed E-state index contributed by atoms with van der Waals surface area (Å²) in [6.07, 6.45) is 0. The predicted octanol–water partition coefficient (Wildman–Crippen LogP) is 2.69. The lowest BCUT2D eigenvalue weighted by molar-refractivity contribution is 0.373. The van der Waals surface area contributed by atoms with E-state index in [1.807, 2.05) is 6.07 Å². The molecule has 1 aromatic heterocycles. The highest BCUT2D eigenvalue weighted by Gasteiger charge is 2.09. The van der Waals surface area contributed by atoms with Gasteiger partial charge < -0.3 is 14.8 Å². The Hall–Kier alpha value is -3.59. The number of nitrogens with one attached hydrogen (secondary N) is 1. The van der Waals surface area contributed by atoms with Crippen molar-refractivity contribution in [2.75, 3.05) is 7.11 Å². The van der Waals surface area contributed by atoms with Gasteiger partial charge in [-0.15, -0.1) is 0 Å². The Morgan fingerprint density at radius 2 is 1.83 bits per heavy atom. The Balaban J connectivity index is 2.09. The van der Waals surface area contributed by atoms with Crippen LogP contribution in [-0.4, -0.2) is 22.2 Å². The summed E-state index contributed by atoms with van der Waals surface area (Å²) in [6.45, 7) is 0. The first-order valence-electron chi connectivity index (χ1n) is 7.10. The van der Waals surface area contributed by atoms with Crippen LogP contribution >= 0.6 is 0 Å². The van der Waals surface area contributed by atoms with Crippen LogP contribution in [0.4, 0.5) is 0 Å². The van der Waals surface area contributed by atoms with Gasteiger partial charge >= 0.3 is 5.69 Å². The van der Waals surface area contributed by atoms with Crippen molar-refractivity contribution >= 4 is 0 Å². The summed E-state index contributed by atoms with van der Waals surface area (Å²) < 4.78 is 5.09. The van der Waals surface area contributed by atoms with Crippen molar-refractivity contribution < 1.29 is 9.84 Å². The van der Waals surface area contributed by atoms with E-state index in [-0.39, 0.29) is 5.75 Å². The van der Waals surface area contributed by atoms with Gasteiger partial charge in [-0.05, 0) is 36.4 Å². The monoisotopic (exact) mass is 319 g/mol. The van der Waals surface area contributed by atoms with Gasteiger partial charge in [0.2, 0.25) is 0 Å². The molecule has 24 heavy (non-hydrogen) atoms. The predicted molar refractivity (Wildman–Crippen MR) is 88.7 cm³/mol. The topological polar surface area (TPSA) is 99.0 Å². The summed E-state index contributed by atoms with van der Waals surface area (Å²) in [5, 5.41) is 18.5. The molecule has 3 rings (SSSR count). The van der Waals surface area contributed by atoms with Crippen molar-refractivity contribution in [2.24, 2.45) is 0 Å². The van der Waals surface area contributed by atoms with E-state index in [2.05, 4.69) is 9.97 Å². The van der Waals surface area contributed by atoms with Gasteiger partial charge in [0.25, 0.3) is 0 Å². The zero-order valence-corrected chi connectivity index (χ0v) is 12.8. The lowest BCUT2D eigenvalue weighted by Gasteiger charge is -2.08. The van der Waals surface area contributed by atoms with Crippen LogP contribution in [0.15, 0.2) is 53.3 Å². The maximum Gasteiger partial charge on any atom is 0.345 e. The van der Waals surface area contributed by atoms with Gasteiger partial charge in [0.15, 0.2) is 11.5 Å². The summed E-state index contributed by atoms with van der Waals surface area (Å²) in [6, 6.07) is 15.4. The molecule has 6 heteroatoms. The Kier molecular flexibility index (Phi) is 4.00. The summed E-state index contributed by atoms with van der Waals surface area (Å²) in [7, 11) is 1.45. The summed E-state index contributed by atoms with van der Waals surface area (Å²) in [5.41, 5.74) is 2.50. The number of H-pyrrole nitrogens is 1. The maximum absolute atomic E-state index is 11.9. The number of aromatic amines is 1. The molecule has 0 atom stereocenters. The normalized spacial score (nSPS) is 10.2. The molecule has 0 aliphatic carbocycles. The number of aromatic nitrogens is 2. The minimum absolute atomic E-state index is 0.0185. The van der Waals surface area contributed by atoms with Crippen LogP contribution < -0.4 is 10.4 Å². The number of phenolic OH excluding ortho intramolecular Hbond substituents is 1. The van der Waals surface area contributed by atoms with Crippen LogP contribution in [0.3, 0.4) is 0 Å². The number of hydrogen-bond acceptors (Lipinski definition) is 5. The number of nitrogens with zero attached hydrogens (tertiary/aromatic N) is 2. The van der Waals surface area contributed by atoms with E-state index >= 15 is 0 Å². The van der Waals surface area contributed by atoms with Gasteiger partial charge in [-0.3, -0.25) is 0 Å². The molecule has 3 aromatic rings. The van der Waals surface area contributed by atoms with Crippen molar-refractivity contribution in [3.8, 4) is 40.1 Å². The molecular weight excluding hydrogens is 306 g/mol. The number of phenols is 1. The van der Waals surface area contributed by atoms with Crippen molar-refractivity contribution in [1.82, 2.24) is 9.97 Å². The Morgan fingerprint density at radius 3 is 2.50 bits per heavy atom. The standard InChI is InChI=1S/C18H13N3O3/c1-24-17-8-13(6-7-16(17)22)15-9-14(20-18(23)21-15)12-4-2-11(10-19)3-5-12/h2-9,22H,1H3,(H,20,21,23). The Morgan fingerprint density at radius 1 is 1.12 bits per heavy atom. The quantitative estimate of drug-likeness (QED) is 0.773. The first kappa shape index (κ1) is 15.3. The van der Waals surface area contributed by atoms with Crippen LogP contribution in [0.2, 0.25) is 0 Å². The van der Waals surface area contributed by atoms with Gasteiger partial charge in [-0.25, -0.2) is 4.79 Å². The third-order valence-corrected chi connectivity index (χ3v) is 3.55. The van der Waals surface area contributed by atoms with Gasteiger partial charge in [0, 0.05) is 11.1 Å². The first-order chi connectivity index (χ1) is 11.6. The van der Waals surface area contributed by atoms with Crippen molar-refractivity contribution in [1.29, 1.82) is 5.26 Å². The molecule has 0 unspecified atom stereocenters. The van der Waals surface area contributed by atoms with Crippen molar-refractivity contribution in [3.05, 3.63) is 64.6 Å². The lowest BCUT2D eigenvalue weighted by Crippen LogP contribution is -2.12. The fraction of sp³-hybridized carbons (Fsp3) is 0.0556. The van der Waals surface area contributed by atoms with E-state index < -0.39 is 5.69 Å². The van der Waals surface area contributed by atoms with E-state index in [4.69, 9.17) is 10.00 Å². The minimum Gasteiger partial charge on any atom is -0.504 e. The molecule has 2 N–H and O–H groups in total. The number of rotatable bonds is 3. The first-order valence-corrected chi connectivity index (χ1v) is 7.10. The van der Waals surface area contributed by atoms with Crippen molar-refractivity contribution in [2.45, 2.75) is 0 Å². The number of methoxy groups -OCH3 is 1. The highest BCUT2D eigenvalue weighted by molar-refractivity contribution is 5.69. The van der Waals surface area contributed by atoms with Gasteiger partial charge in [-0.1, -0.05) is 12.1 Å². The molecule has 0 amide bonds. The van der Waals surface area contributed by atoms with Crippen LogP contribution in [0, 0.1) is 11.3 Å². The fourth-order valence-corrected chi connectivity index (χ4v) is 2.32. The molecular formula is C18H13N3O3. The number of aromatic hydroxyl groups is 1. The highest BCUT2D eigenvalue weighted by atomic mass is 16.5.